The molecule has 0 N–H and O–H groups in total. The van der Waals surface area contributed by atoms with Gasteiger partial charge in [-0.3, -0.25) is 14.0 Å². The van der Waals surface area contributed by atoms with E-state index in [-0.39, 0.29) is 23.0 Å². The molecule has 4 aliphatic carbocycles. The second-order valence-electron chi connectivity index (χ2n) is 8.11. The number of fused-ring (bicyclic) bond motifs is 1. The van der Waals surface area contributed by atoms with E-state index in [4.69, 9.17) is 16.3 Å². The number of hydrogen-bond donors (Lipinski definition) is 0. The van der Waals surface area contributed by atoms with Gasteiger partial charge in [-0.05, 0) is 50.4 Å². The molecule has 2 atom stereocenters. The van der Waals surface area contributed by atoms with E-state index < -0.39 is 5.41 Å². The van der Waals surface area contributed by atoms with Crippen molar-refractivity contribution >= 4 is 33.9 Å². The molecule has 132 valence electrons. The van der Waals surface area contributed by atoms with Crippen molar-refractivity contribution in [3.63, 3.8) is 0 Å². The Balaban J connectivity index is 1.36. The van der Waals surface area contributed by atoms with Crippen molar-refractivity contribution in [2.75, 3.05) is 0 Å². The van der Waals surface area contributed by atoms with Crippen LogP contribution in [-0.4, -0.2) is 20.2 Å². The van der Waals surface area contributed by atoms with Crippen LogP contribution in [0.5, 0.6) is 0 Å². The number of thiazole rings is 1. The van der Waals surface area contributed by atoms with Gasteiger partial charge in [-0.25, -0.2) is 4.98 Å². The third kappa shape index (κ3) is 2.53. The second-order valence-corrected chi connectivity index (χ2v) is 9.78. The largest absolute Gasteiger partial charge is 0.459 e. The molecule has 0 aliphatic heterocycles. The molecule has 2 heterocycles. The highest BCUT2D eigenvalue weighted by Crippen LogP contribution is 2.64. The summed E-state index contributed by atoms with van der Waals surface area (Å²) in [5, 5.41) is 1.81. The van der Waals surface area contributed by atoms with Crippen molar-refractivity contribution < 1.29 is 9.53 Å². The summed E-state index contributed by atoms with van der Waals surface area (Å²) in [4.78, 5) is 29.8. The van der Waals surface area contributed by atoms with Crippen LogP contribution in [0, 0.1) is 17.3 Å². The zero-order valence-corrected chi connectivity index (χ0v) is 15.3. The number of rotatable bonds is 3. The predicted octanol–water partition coefficient (Wildman–Crippen LogP) is 3.38. The standard InChI is InChI=1S/C18H19ClN2O3S/c19-18-7-11-3-12(8-18)6-17(5-11,10-18)15(23)24-9-13-4-14(22)21-1-2-25-16(21)20-13/h1-2,4,11-12H,3,5-10H2. The summed E-state index contributed by atoms with van der Waals surface area (Å²) in [6.45, 7) is 0.0504. The van der Waals surface area contributed by atoms with Crippen LogP contribution in [0.4, 0.5) is 0 Å². The average Bonchev–Trinajstić information content (AvgIpc) is 2.99. The summed E-state index contributed by atoms with van der Waals surface area (Å²) in [6, 6.07) is 1.44. The van der Waals surface area contributed by atoms with Gasteiger partial charge in [-0.1, -0.05) is 0 Å². The van der Waals surface area contributed by atoms with Crippen molar-refractivity contribution in [2.24, 2.45) is 17.3 Å². The minimum atomic E-state index is -0.423. The Morgan fingerprint density at radius 3 is 2.84 bits per heavy atom. The third-order valence-corrected chi connectivity index (χ3v) is 7.33. The smallest absolute Gasteiger partial charge is 0.312 e. The number of ether oxygens (including phenoxy) is 1. The molecule has 25 heavy (non-hydrogen) atoms. The predicted molar refractivity (Wildman–Crippen MR) is 94.8 cm³/mol. The van der Waals surface area contributed by atoms with Crippen molar-refractivity contribution in [1.29, 1.82) is 0 Å². The van der Waals surface area contributed by atoms with Crippen LogP contribution in [0.1, 0.15) is 44.2 Å². The van der Waals surface area contributed by atoms with E-state index >= 15 is 0 Å². The third-order valence-electron chi connectivity index (χ3n) is 6.13. The lowest BCUT2D eigenvalue weighted by Gasteiger charge is -2.58. The van der Waals surface area contributed by atoms with Crippen LogP contribution in [0.3, 0.4) is 0 Å². The fraction of sp³-hybridized carbons (Fsp3) is 0.611. The first-order valence-electron chi connectivity index (χ1n) is 8.77. The van der Waals surface area contributed by atoms with Gasteiger partial charge in [0, 0.05) is 22.5 Å². The van der Waals surface area contributed by atoms with Crippen LogP contribution >= 0.6 is 22.9 Å². The summed E-state index contributed by atoms with van der Waals surface area (Å²) in [5.74, 6) is 0.952. The molecule has 0 amide bonds. The quantitative estimate of drug-likeness (QED) is 0.606. The lowest BCUT2D eigenvalue weighted by molar-refractivity contribution is -0.171. The van der Waals surface area contributed by atoms with E-state index in [2.05, 4.69) is 4.98 Å². The van der Waals surface area contributed by atoms with Gasteiger partial charge >= 0.3 is 5.97 Å². The molecule has 2 aromatic heterocycles. The molecule has 2 aromatic rings. The Labute approximate surface area is 154 Å². The maximum absolute atomic E-state index is 12.9. The van der Waals surface area contributed by atoms with Crippen LogP contribution in [-0.2, 0) is 16.1 Å². The fourth-order valence-corrected chi connectivity index (χ4v) is 7.07. The summed E-state index contributed by atoms with van der Waals surface area (Å²) in [6.07, 6.45) is 7.50. The maximum Gasteiger partial charge on any atom is 0.312 e. The Hall–Kier alpha value is -1.40. The van der Waals surface area contributed by atoms with Crippen molar-refractivity contribution in [2.45, 2.75) is 50.0 Å². The molecule has 4 aliphatic rings. The van der Waals surface area contributed by atoms with E-state index in [1.807, 2.05) is 5.38 Å². The summed E-state index contributed by atoms with van der Waals surface area (Å²) in [5.41, 5.74) is -0.0635. The molecule has 0 radical (unpaired) electrons. The van der Waals surface area contributed by atoms with Gasteiger partial charge in [0.25, 0.3) is 5.56 Å². The minimum absolute atomic E-state index is 0.0504. The molecule has 7 heteroatoms. The SMILES string of the molecule is O=C(OCc1cc(=O)n2ccsc2n1)C12CC3CC(CC(Cl)(C3)C1)C2. The summed E-state index contributed by atoms with van der Waals surface area (Å²) < 4.78 is 7.13. The van der Waals surface area contributed by atoms with Gasteiger partial charge in [-0.15, -0.1) is 22.9 Å². The van der Waals surface area contributed by atoms with Gasteiger partial charge in [0.2, 0.25) is 0 Å². The van der Waals surface area contributed by atoms with Gasteiger partial charge in [0.1, 0.15) is 6.61 Å². The van der Waals surface area contributed by atoms with E-state index in [1.54, 1.807) is 6.20 Å². The highest BCUT2D eigenvalue weighted by Gasteiger charge is 2.60. The van der Waals surface area contributed by atoms with Crippen molar-refractivity contribution in [3.8, 4) is 0 Å². The first kappa shape index (κ1) is 15.8. The van der Waals surface area contributed by atoms with Gasteiger partial charge in [0.05, 0.1) is 11.1 Å². The maximum atomic E-state index is 12.9. The highest BCUT2D eigenvalue weighted by molar-refractivity contribution is 7.15. The van der Waals surface area contributed by atoms with E-state index in [0.717, 1.165) is 32.1 Å². The molecule has 5 nitrogen and oxygen atoms in total. The number of carbonyl (C=O) groups is 1. The van der Waals surface area contributed by atoms with Gasteiger partial charge in [-0.2, -0.15) is 0 Å². The normalized spacial score (nSPS) is 36.0. The molecular formula is C18H19ClN2O3S. The van der Waals surface area contributed by atoms with Crippen LogP contribution in [0.25, 0.3) is 4.96 Å². The first-order chi connectivity index (χ1) is 11.9. The zero-order valence-electron chi connectivity index (χ0n) is 13.7. The number of aromatic nitrogens is 2. The Morgan fingerprint density at radius 2 is 2.12 bits per heavy atom. The lowest BCUT2D eigenvalue weighted by Crippen LogP contribution is -2.56. The molecule has 2 unspecified atom stereocenters. The molecule has 4 bridgehead atoms. The molecule has 0 spiro atoms. The zero-order chi connectivity index (χ0) is 17.2. The number of nitrogens with zero attached hydrogens (tertiary/aromatic N) is 2. The topological polar surface area (TPSA) is 60.7 Å². The average molecular weight is 379 g/mol. The molecule has 0 saturated heterocycles. The number of hydrogen-bond acceptors (Lipinski definition) is 5. The Morgan fingerprint density at radius 1 is 1.36 bits per heavy atom. The Bertz CT molecular complexity index is 906. The fourth-order valence-electron chi connectivity index (χ4n) is 5.64. The Kier molecular flexibility index (Phi) is 3.36. The van der Waals surface area contributed by atoms with Crippen molar-refractivity contribution in [1.82, 2.24) is 9.38 Å². The minimum Gasteiger partial charge on any atom is -0.459 e. The molecule has 0 aromatic carbocycles. The van der Waals surface area contributed by atoms with E-state index in [0.29, 0.717) is 22.5 Å². The van der Waals surface area contributed by atoms with E-state index in [9.17, 15) is 9.59 Å². The number of esters is 1. The van der Waals surface area contributed by atoms with Crippen LogP contribution < -0.4 is 5.56 Å². The second kappa shape index (κ2) is 5.30. The van der Waals surface area contributed by atoms with Crippen molar-refractivity contribution in [3.05, 3.63) is 33.7 Å². The van der Waals surface area contributed by atoms with Gasteiger partial charge in [0.15, 0.2) is 4.96 Å². The lowest BCUT2D eigenvalue weighted by atomic mass is 9.49. The number of halogens is 1. The molecule has 6 rings (SSSR count). The first-order valence-corrected chi connectivity index (χ1v) is 10.0. The summed E-state index contributed by atoms with van der Waals surface area (Å²) >= 11 is 8.18. The molecule has 4 fully saturated rings. The number of carbonyl (C=O) groups excluding carboxylic acids is 1. The monoisotopic (exact) mass is 378 g/mol. The van der Waals surface area contributed by atoms with Crippen LogP contribution in [0.2, 0.25) is 0 Å². The van der Waals surface area contributed by atoms with E-state index in [1.165, 1.54) is 28.2 Å². The van der Waals surface area contributed by atoms with Gasteiger partial charge < -0.3 is 4.74 Å². The van der Waals surface area contributed by atoms with Crippen LogP contribution in [0.15, 0.2) is 22.4 Å². The highest BCUT2D eigenvalue weighted by atomic mass is 35.5. The molecule has 4 saturated carbocycles. The molecular weight excluding hydrogens is 360 g/mol. The summed E-state index contributed by atoms with van der Waals surface area (Å²) in [7, 11) is 0. The number of alkyl halides is 1.